The molecule has 0 saturated carbocycles. The van der Waals surface area contributed by atoms with E-state index in [9.17, 15) is 9.59 Å². The zero-order chi connectivity index (χ0) is 17.4. The molecular formula is C16H16ClN3O4. The number of amides is 1. The van der Waals surface area contributed by atoms with Gasteiger partial charge in [-0.2, -0.15) is 0 Å². The maximum absolute atomic E-state index is 11.7. The molecule has 1 aromatic carbocycles. The average Bonchev–Trinajstić information content (AvgIpc) is 2.59. The Morgan fingerprint density at radius 1 is 1.17 bits per heavy atom. The second-order valence-corrected chi connectivity index (χ2v) is 5.21. The van der Waals surface area contributed by atoms with Crippen molar-refractivity contribution in [3.63, 3.8) is 0 Å². The van der Waals surface area contributed by atoms with Crippen LogP contribution in [0.25, 0.3) is 0 Å². The van der Waals surface area contributed by atoms with Crippen molar-refractivity contribution in [2.45, 2.75) is 6.92 Å². The third-order valence-corrected chi connectivity index (χ3v) is 3.08. The Morgan fingerprint density at radius 2 is 1.92 bits per heavy atom. The molecule has 1 amide bonds. The van der Waals surface area contributed by atoms with Crippen LogP contribution in [-0.2, 0) is 9.53 Å². The Morgan fingerprint density at radius 3 is 2.58 bits per heavy atom. The number of hydrogen-bond donors (Lipinski definition) is 1. The molecule has 0 spiro atoms. The fraction of sp³-hybridized carbons (Fsp3) is 0.250. The number of aromatic nitrogens is 2. The first-order valence-corrected chi connectivity index (χ1v) is 7.53. The molecule has 0 aliphatic heterocycles. The number of carbonyl (C=O) groups is 2. The molecule has 126 valence electrons. The highest BCUT2D eigenvalue weighted by atomic mass is 35.5. The van der Waals surface area contributed by atoms with Crippen LogP contribution in [0.3, 0.4) is 0 Å². The van der Waals surface area contributed by atoms with E-state index in [4.69, 9.17) is 21.1 Å². The molecule has 0 fully saturated rings. The van der Waals surface area contributed by atoms with Gasteiger partial charge in [-0.05, 0) is 31.2 Å². The largest absolute Gasteiger partial charge is 0.492 e. The Kier molecular flexibility index (Phi) is 6.51. The summed E-state index contributed by atoms with van der Waals surface area (Å²) in [5.74, 6) is -0.476. The Hall–Kier alpha value is -2.67. The van der Waals surface area contributed by atoms with Gasteiger partial charge in [-0.3, -0.25) is 9.78 Å². The number of benzene rings is 1. The number of hydrogen-bond acceptors (Lipinski definition) is 6. The summed E-state index contributed by atoms with van der Waals surface area (Å²) in [5.41, 5.74) is 0.740. The van der Waals surface area contributed by atoms with Crippen LogP contribution in [0.15, 0.2) is 36.7 Å². The summed E-state index contributed by atoms with van der Waals surface area (Å²) in [6, 6.07) is 6.88. The quantitative estimate of drug-likeness (QED) is 0.605. The second-order valence-electron chi connectivity index (χ2n) is 4.77. The first kappa shape index (κ1) is 17.7. The van der Waals surface area contributed by atoms with Gasteiger partial charge >= 0.3 is 5.97 Å². The summed E-state index contributed by atoms with van der Waals surface area (Å²) in [7, 11) is 0. The van der Waals surface area contributed by atoms with Gasteiger partial charge < -0.3 is 14.8 Å². The molecule has 1 heterocycles. The van der Waals surface area contributed by atoms with Crippen molar-refractivity contribution >= 4 is 23.5 Å². The number of nitrogens with one attached hydrogen (secondary N) is 1. The van der Waals surface area contributed by atoms with Crippen LogP contribution < -0.4 is 10.1 Å². The van der Waals surface area contributed by atoms with E-state index in [1.54, 1.807) is 31.2 Å². The lowest BCUT2D eigenvalue weighted by Crippen LogP contribution is -2.32. The summed E-state index contributed by atoms with van der Waals surface area (Å²) in [6.07, 6.45) is 2.75. The van der Waals surface area contributed by atoms with Gasteiger partial charge in [-0.15, -0.1) is 0 Å². The van der Waals surface area contributed by atoms with Gasteiger partial charge in [0.25, 0.3) is 5.91 Å². The molecule has 2 aromatic rings. The molecule has 1 N–H and O–H groups in total. The lowest BCUT2D eigenvalue weighted by Gasteiger charge is -2.08. The van der Waals surface area contributed by atoms with E-state index < -0.39 is 18.5 Å². The van der Waals surface area contributed by atoms with E-state index in [-0.39, 0.29) is 18.8 Å². The molecule has 0 aliphatic carbocycles. The van der Waals surface area contributed by atoms with Gasteiger partial charge in [0.05, 0.1) is 18.4 Å². The minimum Gasteiger partial charge on any atom is -0.492 e. The third-order valence-electron chi connectivity index (χ3n) is 2.83. The molecule has 0 aliphatic rings. The van der Waals surface area contributed by atoms with Gasteiger partial charge in [0.2, 0.25) is 0 Å². The molecule has 0 radical (unpaired) electrons. The van der Waals surface area contributed by atoms with Crippen LogP contribution in [0.5, 0.6) is 5.75 Å². The van der Waals surface area contributed by atoms with E-state index in [1.165, 1.54) is 12.4 Å². The van der Waals surface area contributed by atoms with Crippen molar-refractivity contribution < 1.29 is 19.1 Å². The number of aryl methyl sites for hydroxylation is 1. The number of carbonyl (C=O) groups excluding carboxylic acids is 2. The highest BCUT2D eigenvalue weighted by molar-refractivity contribution is 6.30. The molecule has 0 unspecified atom stereocenters. The SMILES string of the molecule is Cc1cnc(C(=O)OCC(=O)NCCOc2ccc(Cl)cc2)cn1. The maximum atomic E-state index is 11.7. The highest BCUT2D eigenvalue weighted by Crippen LogP contribution is 2.15. The predicted octanol–water partition coefficient (Wildman–Crippen LogP) is 1.79. The van der Waals surface area contributed by atoms with Gasteiger partial charge in [-0.1, -0.05) is 11.6 Å². The average molecular weight is 350 g/mol. The van der Waals surface area contributed by atoms with Gasteiger partial charge in [0.1, 0.15) is 12.4 Å². The van der Waals surface area contributed by atoms with Crippen LogP contribution in [0.1, 0.15) is 16.2 Å². The van der Waals surface area contributed by atoms with Crippen LogP contribution in [0, 0.1) is 6.92 Å². The summed E-state index contributed by atoms with van der Waals surface area (Å²) in [4.78, 5) is 31.1. The fourth-order valence-electron chi connectivity index (χ4n) is 1.64. The van der Waals surface area contributed by atoms with E-state index in [1.807, 2.05) is 0 Å². The Balaban J connectivity index is 1.63. The number of esters is 1. The molecule has 0 bridgehead atoms. The molecule has 1 aromatic heterocycles. The zero-order valence-corrected chi connectivity index (χ0v) is 13.7. The van der Waals surface area contributed by atoms with E-state index in [0.29, 0.717) is 16.5 Å². The van der Waals surface area contributed by atoms with Crippen molar-refractivity contribution in [1.29, 1.82) is 0 Å². The number of rotatable bonds is 7. The number of halogens is 1. The van der Waals surface area contributed by atoms with E-state index >= 15 is 0 Å². The third kappa shape index (κ3) is 5.85. The van der Waals surface area contributed by atoms with Gasteiger partial charge in [0, 0.05) is 11.2 Å². The molecule has 8 heteroatoms. The standard InChI is InChI=1S/C16H16ClN3O4/c1-11-8-20-14(9-19-11)16(22)24-10-15(21)18-6-7-23-13-4-2-12(17)3-5-13/h2-5,8-9H,6-7,10H2,1H3,(H,18,21). The van der Waals surface area contributed by atoms with Crippen LogP contribution in [0.4, 0.5) is 0 Å². The monoisotopic (exact) mass is 349 g/mol. The van der Waals surface area contributed by atoms with Crippen LogP contribution in [-0.4, -0.2) is 41.6 Å². The van der Waals surface area contributed by atoms with Gasteiger partial charge in [-0.25, -0.2) is 9.78 Å². The van der Waals surface area contributed by atoms with E-state index in [2.05, 4.69) is 15.3 Å². The molecular weight excluding hydrogens is 334 g/mol. The Bertz CT molecular complexity index is 689. The van der Waals surface area contributed by atoms with Crippen molar-refractivity contribution in [1.82, 2.24) is 15.3 Å². The highest BCUT2D eigenvalue weighted by Gasteiger charge is 2.11. The second kappa shape index (κ2) is 8.83. The lowest BCUT2D eigenvalue weighted by atomic mass is 10.3. The first-order valence-electron chi connectivity index (χ1n) is 7.15. The van der Waals surface area contributed by atoms with Crippen molar-refractivity contribution in [3.8, 4) is 5.75 Å². The van der Waals surface area contributed by atoms with Crippen LogP contribution in [0.2, 0.25) is 5.02 Å². The summed E-state index contributed by atoms with van der Waals surface area (Å²) in [6.45, 7) is 1.92. The van der Waals surface area contributed by atoms with Crippen LogP contribution >= 0.6 is 11.6 Å². The maximum Gasteiger partial charge on any atom is 0.359 e. The normalized spacial score (nSPS) is 10.1. The summed E-state index contributed by atoms with van der Waals surface area (Å²) < 4.78 is 10.3. The minimum atomic E-state index is -0.699. The number of nitrogens with zero attached hydrogens (tertiary/aromatic N) is 2. The van der Waals surface area contributed by atoms with E-state index in [0.717, 1.165) is 0 Å². The smallest absolute Gasteiger partial charge is 0.359 e. The predicted molar refractivity (Wildman–Crippen MR) is 87.0 cm³/mol. The molecule has 0 atom stereocenters. The minimum absolute atomic E-state index is 0.0551. The van der Waals surface area contributed by atoms with Crippen molar-refractivity contribution in [3.05, 3.63) is 53.1 Å². The fourth-order valence-corrected chi connectivity index (χ4v) is 1.77. The van der Waals surface area contributed by atoms with Crippen molar-refractivity contribution in [2.75, 3.05) is 19.8 Å². The molecule has 24 heavy (non-hydrogen) atoms. The topological polar surface area (TPSA) is 90.4 Å². The molecule has 7 nitrogen and oxygen atoms in total. The number of ether oxygens (including phenoxy) is 2. The first-order chi connectivity index (χ1) is 11.5. The summed E-state index contributed by atoms with van der Waals surface area (Å²) >= 11 is 5.76. The molecule has 2 rings (SSSR count). The lowest BCUT2D eigenvalue weighted by molar-refractivity contribution is -0.124. The Labute approximate surface area is 144 Å². The summed E-state index contributed by atoms with van der Waals surface area (Å²) in [5, 5.41) is 3.20. The molecule has 0 saturated heterocycles. The van der Waals surface area contributed by atoms with Crippen molar-refractivity contribution in [2.24, 2.45) is 0 Å². The van der Waals surface area contributed by atoms with Gasteiger partial charge in [0.15, 0.2) is 12.3 Å². The zero-order valence-electron chi connectivity index (χ0n) is 13.0.